The summed E-state index contributed by atoms with van der Waals surface area (Å²) in [5.41, 5.74) is 0.709. The van der Waals surface area contributed by atoms with Gasteiger partial charge >= 0.3 is 0 Å². The van der Waals surface area contributed by atoms with E-state index in [1.165, 1.54) is 51.6 Å². The first kappa shape index (κ1) is 13.4. The van der Waals surface area contributed by atoms with E-state index in [1.54, 1.807) is 0 Å². The summed E-state index contributed by atoms with van der Waals surface area (Å²) < 4.78 is 0. The molecule has 2 rings (SSSR count). The predicted molar refractivity (Wildman–Crippen MR) is 74.4 cm³/mol. The van der Waals surface area contributed by atoms with Crippen LogP contribution in [0.15, 0.2) is 0 Å². The first-order chi connectivity index (χ1) is 8.03. The minimum atomic E-state index is 0.288. The molecule has 0 unspecified atom stereocenters. The number of nitrogens with zero attached hydrogens (tertiary/aromatic N) is 1. The second kappa shape index (κ2) is 4.89. The molecule has 2 heteroatoms. The predicted octanol–water partition coefficient (Wildman–Crippen LogP) is 3.17. The molecule has 17 heavy (non-hydrogen) atoms. The summed E-state index contributed by atoms with van der Waals surface area (Å²) in [5.74, 6) is 0. The fourth-order valence-electron chi connectivity index (χ4n) is 3.79. The molecule has 1 heterocycles. The number of piperazine rings is 1. The Labute approximate surface area is 107 Å². The molecule has 1 saturated heterocycles. The highest BCUT2D eigenvalue weighted by molar-refractivity contribution is 5.03. The maximum Gasteiger partial charge on any atom is 0.0332 e. The summed E-state index contributed by atoms with van der Waals surface area (Å²) >= 11 is 0. The zero-order valence-electron chi connectivity index (χ0n) is 12.2. The fraction of sp³-hybridized carbons (Fsp3) is 1.00. The molecule has 1 aliphatic carbocycles. The molecule has 2 aliphatic rings. The third-order valence-electron chi connectivity index (χ3n) is 5.15. The van der Waals surface area contributed by atoms with Crippen molar-refractivity contribution >= 4 is 0 Å². The van der Waals surface area contributed by atoms with Gasteiger partial charge in [0.25, 0.3) is 0 Å². The average Bonchev–Trinajstić information content (AvgIpc) is 2.82. The largest absolute Gasteiger partial charge is 0.309 e. The highest BCUT2D eigenvalue weighted by Gasteiger charge is 2.44. The van der Waals surface area contributed by atoms with Crippen LogP contribution in [0.3, 0.4) is 0 Å². The smallest absolute Gasteiger partial charge is 0.0332 e. The first-order valence-corrected chi connectivity index (χ1v) is 7.55. The van der Waals surface area contributed by atoms with Crippen LogP contribution in [0.25, 0.3) is 0 Å². The number of nitrogens with one attached hydrogen (secondary N) is 1. The Kier molecular flexibility index (Phi) is 3.84. The maximum atomic E-state index is 3.76. The van der Waals surface area contributed by atoms with Crippen molar-refractivity contribution in [1.29, 1.82) is 0 Å². The van der Waals surface area contributed by atoms with Crippen molar-refractivity contribution in [1.82, 2.24) is 10.2 Å². The van der Waals surface area contributed by atoms with E-state index >= 15 is 0 Å². The monoisotopic (exact) mass is 238 g/mol. The number of hydrogen-bond donors (Lipinski definition) is 1. The van der Waals surface area contributed by atoms with Crippen LogP contribution in [0.5, 0.6) is 0 Å². The topological polar surface area (TPSA) is 15.3 Å². The van der Waals surface area contributed by atoms with Crippen molar-refractivity contribution in [3.05, 3.63) is 0 Å². The van der Waals surface area contributed by atoms with Gasteiger partial charge in [0.1, 0.15) is 0 Å². The molecule has 0 amide bonds. The third kappa shape index (κ3) is 2.53. The third-order valence-corrected chi connectivity index (χ3v) is 5.15. The lowest BCUT2D eigenvalue weighted by Crippen LogP contribution is -2.69. The summed E-state index contributed by atoms with van der Waals surface area (Å²) in [6.07, 6.45) is 8.30. The van der Waals surface area contributed by atoms with Crippen molar-refractivity contribution in [2.75, 3.05) is 13.1 Å². The Hall–Kier alpha value is -0.0800. The Morgan fingerprint density at radius 3 is 2.24 bits per heavy atom. The van der Waals surface area contributed by atoms with Gasteiger partial charge in [-0.15, -0.1) is 0 Å². The van der Waals surface area contributed by atoms with Gasteiger partial charge in [-0.25, -0.2) is 0 Å². The quantitative estimate of drug-likeness (QED) is 0.812. The minimum absolute atomic E-state index is 0.288. The van der Waals surface area contributed by atoms with Crippen LogP contribution in [0.2, 0.25) is 0 Å². The van der Waals surface area contributed by atoms with Crippen molar-refractivity contribution in [3.63, 3.8) is 0 Å². The summed E-state index contributed by atoms with van der Waals surface area (Å²) in [6, 6.07) is 0.858. The van der Waals surface area contributed by atoms with Crippen molar-refractivity contribution in [2.24, 2.45) is 0 Å². The van der Waals surface area contributed by atoms with E-state index in [4.69, 9.17) is 0 Å². The molecule has 1 aliphatic heterocycles. The Morgan fingerprint density at radius 2 is 1.71 bits per heavy atom. The molecule has 0 aromatic heterocycles. The molecule has 0 bridgehead atoms. The molecule has 1 N–H and O–H groups in total. The second-order valence-corrected chi connectivity index (χ2v) is 6.74. The van der Waals surface area contributed by atoms with Crippen LogP contribution in [0.1, 0.15) is 66.2 Å². The van der Waals surface area contributed by atoms with E-state index < -0.39 is 0 Å². The Balaban J connectivity index is 2.19. The lowest BCUT2D eigenvalue weighted by Gasteiger charge is -2.55. The SMILES string of the molecule is CCC1(CC)CNC(C)(C)CN1C1CCCC1. The molecule has 0 atom stereocenters. The molecular formula is C15H30N2. The van der Waals surface area contributed by atoms with Gasteiger partial charge in [-0.3, -0.25) is 4.90 Å². The van der Waals surface area contributed by atoms with E-state index in [-0.39, 0.29) is 5.54 Å². The van der Waals surface area contributed by atoms with Crippen LogP contribution in [-0.4, -0.2) is 35.1 Å². The van der Waals surface area contributed by atoms with E-state index in [2.05, 4.69) is 37.9 Å². The van der Waals surface area contributed by atoms with Crippen LogP contribution in [0.4, 0.5) is 0 Å². The van der Waals surface area contributed by atoms with Crippen LogP contribution in [0, 0.1) is 0 Å². The summed E-state index contributed by atoms with van der Waals surface area (Å²) in [6.45, 7) is 11.8. The zero-order chi connectivity index (χ0) is 12.5. The molecule has 1 saturated carbocycles. The summed E-state index contributed by atoms with van der Waals surface area (Å²) in [7, 11) is 0. The maximum absolute atomic E-state index is 3.76. The van der Waals surface area contributed by atoms with Gasteiger partial charge in [0.15, 0.2) is 0 Å². The molecule has 0 aromatic carbocycles. The van der Waals surface area contributed by atoms with Crippen molar-refractivity contribution in [2.45, 2.75) is 83.3 Å². The number of rotatable bonds is 3. The van der Waals surface area contributed by atoms with E-state index in [0.29, 0.717) is 5.54 Å². The summed E-state index contributed by atoms with van der Waals surface area (Å²) in [5, 5.41) is 3.76. The standard InChI is InChI=1S/C15H30N2/c1-5-15(6-2)11-16-14(3,4)12-17(15)13-9-7-8-10-13/h13,16H,5-12H2,1-4H3. The number of hydrogen-bond acceptors (Lipinski definition) is 2. The molecule has 2 fully saturated rings. The van der Waals surface area contributed by atoms with Gasteiger partial charge in [-0.05, 0) is 39.5 Å². The molecule has 0 spiro atoms. The van der Waals surface area contributed by atoms with E-state index in [1.807, 2.05) is 0 Å². The zero-order valence-corrected chi connectivity index (χ0v) is 12.2. The van der Waals surface area contributed by atoms with Crippen molar-refractivity contribution in [3.8, 4) is 0 Å². The minimum Gasteiger partial charge on any atom is -0.309 e. The average molecular weight is 238 g/mol. The normalized spacial score (nSPS) is 29.6. The molecule has 0 aromatic rings. The lowest BCUT2D eigenvalue weighted by atomic mass is 9.82. The Bertz CT molecular complexity index is 250. The molecule has 2 nitrogen and oxygen atoms in total. The first-order valence-electron chi connectivity index (χ1n) is 7.55. The fourth-order valence-corrected chi connectivity index (χ4v) is 3.79. The van der Waals surface area contributed by atoms with Crippen LogP contribution in [-0.2, 0) is 0 Å². The molecule has 0 radical (unpaired) electrons. The van der Waals surface area contributed by atoms with Gasteiger partial charge in [-0.2, -0.15) is 0 Å². The highest BCUT2D eigenvalue weighted by atomic mass is 15.3. The van der Waals surface area contributed by atoms with Gasteiger partial charge in [0.2, 0.25) is 0 Å². The summed E-state index contributed by atoms with van der Waals surface area (Å²) in [4.78, 5) is 2.87. The van der Waals surface area contributed by atoms with Gasteiger partial charge in [0.05, 0.1) is 0 Å². The van der Waals surface area contributed by atoms with Gasteiger partial charge in [0, 0.05) is 30.2 Å². The highest BCUT2D eigenvalue weighted by Crippen LogP contribution is 2.36. The second-order valence-electron chi connectivity index (χ2n) is 6.74. The van der Waals surface area contributed by atoms with E-state index in [0.717, 1.165) is 6.04 Å². The lowest BCUT2D eigenvalue weighted by molar-refractivity contribution is -0.0223. The molecule has 100 valence electrons. The van der Waals surface area contributed by atoms with Gasteiger partial charge < -0.3 is 5.32 Å². The van der Waals surface area contributed by atoms with Crippen LogP contribution >= 0.6 is 0 Å². The van der Waals surface area contributed by atoms with E-state index in [9.17, 15) is 0 Å². The van der Waals surface area contributed by atoms with Gasteiger partial charge in [-0.1, -0.05) is 26.7 Å². The Morgan fingerprint density at radius 1 is 1.12 bits per heavy atom. The van der Waals surface area contributed by atoms with Crippen LogP contribution < -0.4 is 5.32 Å². The van der Waals surface area contributed by atoms with Crippen molar-refractivity contribution < 1.29 is 0 Å². The molecular weight excluding hydrogens is 208 g/mol.